The Morgan fingerprint density at radius 3 is 2.56 bits per heavy atom. The van der Waals surface area contributed by atoms with E-state index in [2.05, 4.69) is 5.10 Å². The average molecular weight is 471 g/mol. The molecule has 9 heteroatoms. The van der Waals surface area contributed by atoms with E-state index in [9.17, 15) is 13.2 Å². The minimum atomic E-state index is -3.04. The lowest BCUT2D eigenvalue weighted by molar-refractivity contribution is -0.130. The van der Waals surface area contributed by atoms with Crippen molar-refractivity contribution in [3.05, 3.63) is 47.7 Å². The number of sulfone groups is 1. The van der Waals surface area contributed by atoms with E-state index in [0.29, 0.717) is 11.6 Å². The third-order valence-electron chi connectivity index (χ3n) is 6.08. The van der Waals surface area contributed by atoms with Crippen LogP contribution in [0.15, 0.2) is 41.6 Å². The molecule has 0 radical (unpaired) electrons. The van der Waals surface area contributed by atoms with Crippen molar-refractivity contribution in [2.24, 2.45) is 0 Å². The molecular weight excluding hydrogens is 444 g/mol. The van der Waals surface area contributed by atoms with Crippen molar-refractivity contribution in [2.45, 2.75) is 50.4 Å². The molecule has 3 heterocycles. The number of benzene rings is 1. The predicted molar refractivity (Wildman–Crippen MR) is 126 cm³/mol. The number of amides is 1. The van der Waals surface area contributed by atoms with Gasteiger partial charge in [-0.1, -0.05) is 42.1 Å². The number of aryl methyl sites for hydroxylation is 2. The highest BCUT2D eigenvalue weighted by molar-refractivity contribution is 7.99. The van der Waals surface area contributed by atoms with Crippen LogP contribution >= 0.6 is 11.8 Å². The molecule has 3 aromatic rings. The molecule has 168 valence electrons. The summed E-state index contributed by atoms with van der Waals surface area (Å²) in [6.07, 6.45) is 2.45. The van der Waals surface area contributed by atoms with Crippen molar-refractivity contribution in [1.29, 1.82) is 0 Å². The molecule has 1 aliphatic heterocycles. The number of nitrogens with zero attached hydrogens (tertiary/aromatic N) is 4. The van der Waals surface area contributed by atoms with Gasteiger partial charge < -0.3 is 4.90 Å². The fraction of sp³-hybridized carbons (Fsp3) is 0.435. The van der Waals surface area contributed by atoms with E-state index < -0.39 is 9.84 Å². The van der Waals surface area contributed by atoms with Gasteiger partial charge in [-0.25, -0.2) is 17.9 Å². The van der Waals surface area contributed by atoms with Crippen LogP contribution in [-0.2, 0) is 14.6 Å². The van der Waals surface area contributed by atoms with Gasteiger partial charge in [-0.05, 0) is 44.7 Å². The molecule has 0 N–H and O–H groups in total. The summed E-state index contributed by atoms with van der Waals surface area (Å²) >= 11 is 1.37. The number of carbonyl (C=O) groups is 1. The number of aromatic nitrogens is 3. The Kier molecular flexibility index (Phi) is 5.49. The summed E-state index contributed by atoms with van der Waals surface area (Å²) < 4.78 is 25.8. The van der Waals surface area contributed by atoms with Crippen molar-refractivity contribution >= 4 is 33.0 Å². The molecule has 7 nitrogen and oxygen atoms in total. The highest BCUT2D eigenvalue weighted by Crippen LogP contribution is 2.34. The Labute approximate surface area is 192 Å². The van der Waals surface area contributed by atoms with Gasteiger partial charge in [0.1, 0.15) is 0 Å². The van der Waals surface area contributed by atoms with E-state index in [1.165, 1.54) is 11.8 Å². The first-order valence-electron chi connectivity index (χ1n) is 10.9. The van der Waals surface area contributed by atoms with Gasteiger partial charge in [-0.3, -0.25) is 4.79 Å². The summed E-state index contributed by atoms with van der Waals surface area (Å²) in [7, 11) is -3.04. The smallest absolute Gasteiger partial charge is 0.233 e. The SMILES string of the molecule is Cc1cc(C)c2c(-c3ccccc3)nc(SCC(=O)N(C3CC3)[C@H]3CCS(=O)(=O)C3)n2n1. The minimum Gasteiger partial charge on any atom is -0.335 e. The van der Waals surface area contributed by atoms with Crippen LogP contribution in [0, 0.1) is 13.8 Å². The summed E-state index contributed by atoms with van der Waals surface area (Å²) in [6, 6.07) is 12.0. The second kappa shape index (κ2) is 8.19. The number of imidazole rings is 1. The molecule has 0 spiro atoms. The number of thioether (sulfide) groups is 1. The Hall–Kier alpha value is -2.39. The zero-order chi connectivity index (χ0) is 22.5. The zero-order valence-corrected chi connectivity index (χ0v) is 19.8. The first-order chi connectivity index (χ1) is 15.3. The molecule has 1 aliphatic carbocycles. The number of hydrogen-bond acceptors (Lipinski definition) is 6. The van der Waals surface area contributed by atoms with Gasteiger partial charge in [-0.15, -0.1) is 0 Å². The summed E-state index contributed by atoms with van der Waals surface area (Å²) in [5, 5.41) is 5.35. The van der Waals surface area contributed by atoms with Gasteiger partial charge >= 0.3 is 0 Å². The number of hydrogen-bond donors (Lipinski definition) is 0. The molecule has 1 saturated heterocycles. The van der Waals surface area contributed by atoms with Crippen LogP contribution in [0.2, 0.25) is 0 Å². The van der Waals surface area contributed by atoms with Crippen LogP contribution in [0.5, 0.6) is 0 Å². The van der Waals surface area contributed by atoms with Crippen molar-refractivity contribution < 1.29 is 13.2 Å². The summed E-state index contributed by atoms with van der Waals surface area (Å²) in [5.41, 5.74) is 4.77. The maximum Gasteiger partial charge on any atom is 0.233 e. The number of carbonyl (C=O) groups excluding carboxylic acids is 1. The quantitative estimate of drug-likeness (QED) is 0.514. The summed E-state index contributed by atoms with van der Waals surface area (Å²) in [6.45, 7) is 4.00. The van der Waals surface area contributed by atoms with Crippen molar-refractivity contribution in [1.82, 2.24) is 19.5 Å². The zero-order valence-electron chi connectivity index (χ0n) is 18.2. The van der Waals surface area contributed by atoms with Gasteiger partial charge in [0, 0.05) is 17.6 Å². The molecule has 1 atom stereocenters. The molecule has 2 aromatic heterocycles. The Morgan fingerprint density at radius 1 is 1.16 bits per heavy atom. The number of rotatable bonds is 6. The van der Waals surface area contributed by atoms with Gasteiger partial charge in [0.25, 0.3) is 0 Å². The second-order valence-corrected chi connectivity index (χ2v) is 11.9. The van der Waals surface area contributed by atoms with E-state index in [-0.39, 0.29) is 35.2 Å². The van der Waals surface area contributed by atoms with Crippen LogP contribution in [0.4, 0.5) is 0 Å². The normalized spacial score (nSPS) is 20.0. The highest BCUT2D eigenvalue weighted by Gasteiger charge is 2.42. The Morgan fingerprint density at radius 2 is 1.91 bits per heavy atom. The molecule has 0 unspecified atom stereocenters. The summed E-state index contributed by atoms with van der Waals surface area (Å²) in [4.78, 5) is 19.9. The standard InChI is InChI=1S/C23H26N4O3S2/c1-15-12-16(2)25-27-22(15)21(17-6-4-3-5-7-17)24-23(27)31-13-20(28)26(18-8-9-18)19-10-11-32(29,30)14-19/h3-7,12,18-19H,8-11,13-14H2,1-2H3/t19-/m0/s1. The molecule has 1 aromatic carbocycles. The van der Waals surface area contributed by atoms with Crippen LogP contribution in [0.3, 0.4) is 0 Å². The van der Waals surface area contributed by atoms with E-state index in [0.717, 1.165) is 40.9 Å². The predicted octanol–water partition coefficient (Wildman–Crippen LogP) is 3.28. The Bertz CT molecular complexity index is 1280. The van der Waals surface area contributed by atoms with Gasteiger partial charge in [-0.2, -0.15) is 5.10 Å². The van der Waals surface area contributed by atoms with Crippen LogP contribution < -0.4 is 0 Å². The fourth-order valence-corrected chi connectivity index (χ4v) is 7.07. The third-order valence-corrected chi connectivity index (χ3v) is 8.75. The topological polar surface area (TPSA) is 84.6 Å². The first-order valence-corrected chi connectivity index (χ1v) is 13.7. The van der Waals surface area contributed by atoms with Gasteiger partial charge in [0.05, 0.1) is 34.2 Å². The van der Waals surface area contributed by atoms with Gasteiger partial charge in [0.2, 0.25) is 5.91 Å². The van der Waals surface area contributed by atoms with E-state index >= 15 is 0 Å². The second-order valence-electron chi connectivity index (χ2n) is 8.72. The van der Waals surface area contributed by atoms with Crippen molar-refractivity contribution in [3.63, 3.8) is 0 Å². The molecule has 5 rings (SSSR count). The molecule has 32 heavy (non-hydrogen) atoms. The van der Waals surface area contributed by atoms with Crippen molar-refractivity contribution in [3.8, 4) is 11.3 Å². The Balaban J connectivity index is 1.43. The lowest BCUT2D eigenvalue weighted by Crippen LogP contribution is -2.43. The third kappa shape index (κ3) is 4.15. The molecular formula is C23H26N4O3S2. The van der Waals surface area contributed by atoms with Crippen LogP contribution in [0.1, 0.15) is 30.5 Å². The molecule has 2 aliphatic rings. The van der Waals surface area contributed by atoms with E-state index in [1.807, 2.05) is 59.7 Å². The fourth-order valence-electron chi connectivity index (χ4n) is 4.55. The molecule has 2 fully saturated rings. The lowest BCUT2D eigenvalue weighted by Gasteiger charge is -2.28. The van der Waals surface area contributed by atoms with Crippen LogP contribution in [-0.4, -0.2) is 63.2 Å². The largest absolute Gasteiger partial charge is 0.335 e. The summed E-state index contributed by atoms with van der Waals surface area (Å²) in [5.74, 6) is 0.469. The molecule has 1 amide bonds. The number of fused-ring (bicyclic) bond motifs is 1. The van der Waals surface area contributed by atoms with Crippen molar-refractivity contribution in [2.75, 3.05) is 17.3 Å². The maximum atomic E-state index is 13.2. The lowest BCUT2D eigenvalue weighted by atomic mass is 10.1. The van der Waals surface area contributed by atoms with Crippen LogP contribution in [0.25, 0.3) is 16.8 Å². The average Bonchev–Trinajstić information content (AvgIpc) is 3.41. The monoisotopic (exact) mass is 470 g/mol. The minimum absolute atomic E-state index is 0.0120. The molecule has 0 bridgehead atoms. The first kappa shape index (κ1) is 21.5. The highest BCUT2D eigenvalue weighted by atomic mass is 32.2. The van der Waals surface area contributed by atoms with Gasteiger partial charge in [0.15, 0.2) is 15.0 Å². The maximum absolute atomic E-state index is 13.2. The van der Waals surface area contributed by atoms with E-state index in [4.69, 9.17) is 4.98 Å². The molecule has 1 saturated carbocycles. The van der Waals surface area contributed by atoms with E-state index in [1.54, 1.807) is 0 Å².